The smallest absolute Gasteiger partial charge is 0.337 e. The number of carboxylic acids is 1. The number of hydrogen-bond acceptors (Lipinski definition) is 3. The number of aromatic nitrogens is 1. The molecular weight excluding hydrogens is 340 g/mol. The minimum Gasteiger partial charge on any atom is -0.478 e. The van der Waals surface area contributed by atoms with Gasteiger partial charge in [-0.1, -0.05) is 29.8 Å². The van der Waals surface area contributed by atoms with E-state index >= 15 is 0 Å². The highest BCUT2D eigenvalue weighted by Gasteiger charge is 2.37. The molecule has 0 saturated heterocycles. The van der Waals surface area contributed by atoms with Crippen LogP contribution in [0.15, 0.2) is 36.4 Å². The number of hydrogen-bond donors (Lipinski definition) is 1. The predicted octanol–water partition coefficient (Wildman–Crippen LogP) is 4.11. The number of halogens is 1. The Hall–Kier alpha value is -2.40. The SMILES string of the molecule is Cc1nc(C(=O)N(C2CC2)C(C)c2ccccc2Cl)ccc1C(=O)O. The summed E-state index contributed by atoms with van der Waals surface area (Å²) >= 11 is 6.30. The van der Waals surface area contributed by atoms with E-state index in [2.05, 4.69) is 4.98 Å². The number of nitrogens with zero attached hydrogens (tertiary/aromatic N) is 2. The summed E-state index contributed by atoms with van der Waals surface area (Å²) in [4.78, 5) is 30.2. The van der Waals surface area contributed by atoms with Gasteiger partial charge in [0.1, 0.15) is 5.69 Å². The summed E-state index contributed by atoms with van der Waals surface area (Å²) in [6.07, 6.45) is 1.90. The number of aryl methyl sites for hydroxylation is 1. The number of aromatic carboxylic acids is 1. The van der Waals surface area contributed by atoms with Crippen LogP contribution < -0.4 is 0 Å². The number of carboxylic acid groups (broad SMARTS) is 1. The standard InChI is InChI=1S/C19H19ClN2O3/c1-11-14(19(24)25)9-10-17(21-11)18(23)22(13-7-8-13)12(2)15-5-3-4-6-16(15)20/h3-6,9-10,12-13H,7-8H2,1-2H3,(H,24,25). The maximum atomic E-state index is 13.1. The summed E-state index contributed by atoms with van der Waals surface area (Å²) in [6, 6.07) is 10.4. The van der Waals surface area contributed by atoms with Gasteiger partial charge >= 0.3 is 5.97 Å². The molecule has 1 aliphatic carbocycles. The third kappa shape index (κ3) is 3.51. The van der Waals surface area contributed by atoms with Gasteiger partial charge in [0.2, 0.25) is 0 Å². The summed E-state index contributed by atoms with van der Waals surface area (Å²) < 4.78 is 0. The van der Waals surface area contributed by atoms with Gasteiger partial charge in [-0.15, -0.1) is 0 Å². The van der Waals surface area contributed by atoms with Gasteiger partial charge in [0.15, 0.2) is 0 Å². The molecule has 6 heteroatoms. The Bertz CT molecular complexity index is 833. The first-order valence-electron chi connectivity index (χ1n) is 8.18. The monoisotopic (exact) mass is 358 g/mol. The van der Waals surface area contributed by atoms with Crippen molar-refractivity contribution >= 4 is 23.5 Å². The van der Waals surface area contributed by atoms with Crippen molar-refractivity contribution in [2.45, 2.75) is 38.8 Å². The molecule has 1 amide bonds. The van der Waals surface area contributed by atoms with Crippen LogP contribution in [0.1, 0.15) is 57.9 Å². The molecule has 1 aromatic carbocycles. The normalized spacial score (nSPS) is 14.8. The Balaban J connectivity index is 1.93. The Morgan fingerprint density at radius 1 is 1.24 bits per heavy atom. The van der Waals surface area contributed by atoms with E-state index in [-0.39, 0.29) is 29.2 Å². The highest BCUT2D eigenvalue weighted by molar-refractivity contribution is 6.31. The second-order valence-electron chi connectivity index (χ2n) is 6.28. The summed E-state index contributed by atoms with van der Waals surface area (Å²) in [5.74, 6) is -1.25. The first-order valence-corrected chi connectivity index (χ1v) is 8.56. The van der Waals surface area contributed by atoms with Crippen molar-refractivity contribution in [3.05, 3.63) is 63.9 Å². The zero-order valence-corrected chi connectivity index (χ0v) is 14.8. The lowest BCUT2D eigenvalue weighted by atomic mass is 10.1. The molecule has 3 rings (SSSR count). The largest absolute Gasteiger partial charge is 0.478 e. The van der Waals surface area contributed by atoms with Crippen molar-refractivity contribution in [2.24, 2.45) is 0 Å². The van der Waals surface area contributed by atoms with Crippen LogP contribution in [-0.2, 0) is 0 Å². The maximum Gasteiger partial charge on any atom is 0.337 e. The first-order chi connectivity index (χ1) is 11.9. The van der Waals surface area contributed by atoms with Gasteiger partial charge in [-0.05, 0) is 50.5 Å². The quantitative estimate of drug-likeness (QED) is 0.873. The zero-order chi connectivity index (χ0) is 18.1. The van der Waals surface area contributed by atoms with E-state index in [0.29, 0.717) is 10.7 Å². The van der Waals surface area contributed by atoms with E-state index in [9.17, 15) is 9.59 Å². The van der Waals surface area contributed by atoms with Gasteiger partial charge in [-0.25, -0.2) is 9.78 Å². The van der Waals surface area contributed by atoms with E-state index < -0.39 is 5.97 Å². The molecule has 0 bridgehead atoms. The van der Waals surface area contributed by atoms with Gasteiger partial charge in [-0.3, -0.25) is 4.79 Å². The molecule has 1 atom stereocenters. The lowest BCUT2D eigenvalue weighted by molar-refractivity contribution is 0.0660. The number of carbonyl (C=O) groups excluding carboxylic acids is 1. The number of benzene rings is 1. The van der Waals surface area contributed by atoms with Crippen LogP contribution in [0.5, 0.6) is 0 Å². The molecule has 0 radical (unpaired) electrons. The maximum absolute atomic E-state index is 13.1. The molecule has 25 heavy (non-hydrogen) atoms. The lowest BCUT2D eigenvalue weighted by Crippen LogP contribution is -2.36. The third-order valence-electron chi connectivity index (χ3n) is 4.48. The Morgan fingerprint density at radius 2 is 1.92 bits per heavy atom. The molecule has 0 aliphatic heterocycles. The molecule has 0 spiro atoms. The van der Waals surface area contributed by atoms with E-state index in [0.717, 1.165) is 18.4 Å². The highest BCUT2D eigenvalue weighted by Crippen LogP contribution is 2.37. The van der Waals surface area contributed by atoms with Crippen LogP contribution >= 0.6 is 11.6 Å². The van der Waals surface area contributed by atoms with Crippen LogP contribution in [-0.4, -0.2) is 32.9 Å². The average molecular weight is 359 g/mol. The molecule has 5 nitrogen and oxygen atoms in total. The summed E-state index contributed by atoms with van der Waals surface area (Å²) in [7, 11) is 0. The molecule has 1 N–H and O–H groups in total. The fourth-order valence-corrected chi connectivity index (χ4v) is 3.31. The van der Waals surface area contributed by atoms with Crippen LogP contribution in [0.25, 0.3) is 0 Å². The number of amides is 1. The number of pyridine rings is 1. The predicted molar refractivity (Wildman–Crippen MR) is 95.0 cm³/mol. The highest BCUT2D eigenvalue weighted by atomic mass is 35.5. The topological polar surface area (TPSA) is 70.5 Å². The van der Waals surface area contributed by atoms with E-state index in [1.807, 2.05) is 36.1 Å². The van der Waals surface area contributed by atoms with Crippen LogP contribution in [0, 0.1) is 6.92 Å². The lowest BCUT2D eigenvalue weighted by Gasteiger charge is -2.30. The van der Waals surface area contributed by atoms with Crippen molar-refractivity contribution in [1.82, 2.24) is 9.88 Å². The molecule has 1 heterocycles. The Kier molecular flexibility index (Phi) is 4.77. The molecular formula is C19H19ClN2O3. The van der Waals surface area contributed by atoms with Gasteiger partial charge in [0.25, 0.3) is 5.91 Å². The van der Waals surface area contributed by atoms with Gasteiger partial charge < -0.3 is 10.0 Å². The summed E-state index contributed by atoms with van der Waals surface area (Å²) in [5.41, 5.74) is 1.59. The zero-order valence-electron chi connectivity index (χ0n) is 14.1. The second kappa shape index (κ2) is 6.84. The molecule has 130 valence electrons. The molecule has 1 saturated carbocycles. The van der Waals surface area contributed by atoms with Gasteiger partial charge in [0, 0.05) is 11.1 Å². The van der Waals surface area contributed by atoms with Gasteiger partial charge in [0.05, 0.1) is 17.3 Å². The molecule has 1 fully saturated rings. The number of rotatable bonds is 5. The first kappa shape index (κ1) is 17.4. The van der Waals surface area contributed by atoms with E-state index in [1.54, 1.807) is 6.92 Å². The van der Waals surface area contributed by atoms with Crippen molar-refractivity contribution in [2.75, 3.05) is 0 Å². The fraction of sp³-hybridized carbons (Fsp3) is 0.316. The van der Waals surface area contributed by atoms with Crippen molar-refractivity contribution in [3.63, 3.8) is 0 Å². The van der Waals surface area contributed by atoms with E-state index in [1.165, 1.54) is 12.1 Å². The van der Waals surface area contributed by atoms with Crippen LogP contribution in [0.2, 0.25) is 5.02 Å². The van der Waals surface area contributed by atoms with Crippen molar-refractivity contribution < 1.29 is 14.7 Å². The summed E-state index contributed by atoms with van der Waals surface area (Å²) in [5, 5.41) is 9.74. The Morgan fingerprint density at radius 3 is 2.48 bits per heavy atom. The van der Waals surface area contributed by atoms with Gasteiger partial charge in [-0.2, -0.15) is 0 Å². The van der Waals surface area contributed by atoms with Crippen molar-refractivity contribution in [3.8, 4) is 0 Å². The molecule has 1 aromatic heterocycles. The average Bonchev–Trinajstić information content (AvgIpc) is 3.39. The van der Waals surface area contributed by atoms with Crippen molar-refractivity contribution in [1.29, 1.82) is 0 Å². The second-order valence-corrected chi connectivity index (χ2v) is 6.68. The third-order valence-corrected chi connectivity index (χ3v) is 4.83. The molecule has 1 unspecified atom stereocenters. The number of carbonyl (C=O) groups is 2. The van der Waals surface area contributed by atoms with Crippen LogP contribution in [0.4, 0.5) is 0 Å². The van der Waals surface area contributed by atoms with Crippen LogP contribution in [0.3, 0.4) is 0 Å². The Labute approximate surface area is 151 Å². The van der Waals surface area contributed by atoms with E-state index in [4.69, 9.17) is 16.7 Å². The fourth-order valence-electron chi connectivity index (χ4n) is 3.01. The minimum atomic E-state index is -1.05. The molecule has 1 aliphatic rings. The minimum absolute atomic E-state index is 0.105. The summed E-state index contributed by atoms with van der Waals surface area (Å²) in [6.45, 7) is 3.55. The molecule has 2 aromatic rings.